The Balaban J connectivity index is 2.29. The molecule has 0 aliphatic heterocycles. The van der Waals surface area contributed by atoms with Crippen molar-refractivity contribution in [3.05, 3.63) is 35.1 Å². The zero-order valence-electron chi connectivity index (χ0n) is 13.5. The molecular formula is C15H17ClF3N5O. The van der Waals surface area contributed by atoms with Gasteiger partial charge in [-0.05, 0) is 25.1 Å². The van der Waals surface area contributed by atoms with E-state index in [-0.39, 0.29) is 28.3 Å². The molecule has 1 aromatic heterocycles. The van der Waals surface area contributed by atoms with E-state index < -0.39 is 11.7 Å². The summed E-state index contributed by atoms with van der Waals surface area (Å²) in [5.41, 5.74) is 5.35. The third-order valence-corrected chi connectivity index (χ3v) is 3.56. The van der Waals surface area contributed by atoms with E-state index in [0.717, 1.165) is 18.2 Å². The highest BCUT2D eigenvalue weighted by Gasteiger charge is 2.31. The molecule has 0 bridgehead atoms. The summed E-state index contributed by atoms with van der Waals surface area (Å²) in [6.45, 7) is 2.29. The fraction of sp³-hybridized carbons (Fsp3) is 0.333. The molecule has 25 heavy (non-hydrogen) atoms. The van der Waals surface area contributed by atoms with Gasteiger partial charge in [-0.3, -0.25) is 0 Å². The number of nitrogens with zero attached hydrogens (tertiary/aromatic N) is 2. The first kappa shape index (κ1) is 19.1. The zero-order chi connectivity index (χ0) is 18.6. The Morgan fingerprint density at radius 3 is 2.60 bits per heavy atom. The van der Waals surface area contributed by atoms with Crippen LogP contribution in [-0.2, 0) is 10.9 Å². The number of aromatic nitrogens is 2. The highest BCUT2D eigenvalue weighted by Crippen LogP contribution is 2.36. The Morgan fingerprint density at radius 1 is 1.28 bits per heavy atom. The molecule has 0 saturated heterocycles. The number of halogens is 4. The van der Waals surface area contributed by atoms with Crippen LogP contribution in [0.4, 0.5) is 36.2 Å². The van der Waals surface area contributed by atoms with Gasteiger partial charge in [0.15, 0.2) is 11.6 Å². The van der Waals surface area contributed by atoms with Crippen molar-refractivity contribution in [2.45, 2.75) is 19.1 Å². The van der Waals surface area contributed by atoms with Crippen LogP contribution in [-0.4, -0.2) is 29.7 Å². The Bertz CT molecular complexity index is 742. The molecule has 0 saturated carbocycles. The topological polar surface area (TPSA) is 85.1 Å². The lowest BCUT2D eigenvalue weighted by Crippen LogP contribution is -2.22. The van der Waals surface area contributed by atoms with Crippen molar-refractivity contribution in [2.75, 3.05) is 30.1 Å². The Kier molecular flexibility index (Phi) is 5.91. The molecule has 1 aromatic carbocycles. The minimum atomic E-state index is -4.49. The molecule has 0 aliphatic rings. The van der Waals surface area contributed by atoms with Crippen LogP contribution in [0.25, 0.3) is 0 Å². The van der Waals surface area contributed by atoms with Crippen LogP contribution in [0, 0.1) is 0 Å². The van der Waals surface area contributed by atoms with Crippen molar-refractivity contribution in [1.29, 1.82) is 0 Å². The molecule has 1 atom stereocenters. The Labute approximate surface area is 147 Å². The van der Waals surface area contributed by atoms with Gasteiger partial charge in [0.05, 0.1) is 22.9 Å². The van der Waals surface area contributed by atoms with E-state index in [1.165, 1.54) is 6.33 Å². The van der Waals surface area contributed by atoms with Gasteiger partial charge in [-0.25, -0.2) is 9.97 Å². The maximum absolute atomic E-state index is 12.9. The molecule has 0 aliphatic carbocycles. The predicted molar refractivity (Wildman–Crippen MR) is 91.1 cm³/mol. The van der Waals surface area contributed by atoms with Gasteiger partial charge < -0.3 is 21.1 Å². The largest absolute Gasteiger partial charge is 0.416 e. The van der Waals surface area contributed by atoms with E-state index in [2.05, 4.69) is 20.6 Å². The van der Waals surface area contributed by atoms with Gasteiger partial charge in [-0.2, -0.15) is 13.2 Å². The van der Waals surface area contributed by atoms with Crippen LogP contribution in [0.15, 0.2) is 24.5 Å². The Morgan fingerprint density at radius 2 is 1.96 bits per heavy atom. The number of nitrogen functional groups attached to an aromatic ring is 1. The van der Waals surface area contributed by atoms with Crippen molar-refractivity contribution in [1.82, 2.24) is 9.97 Å². The van der Waals surface area contributed by atoms with Gasteiger partial charge in [0, 0.05) is 13.2 Å². The smallest absolute Gasteiger partial charge is 0.393 e. The van der Waals surface area contributed by atoms with Crippen LogP contribution in [0.2, 0.25) is 5.02 Å². The van der Waals surface area contributed by atoms with E-state index >= 15 is 0 Å². The first-order valence-corrected chi connectivity index (χ1v) is 7.60. The summed E-state index contributed by atoms with van der Waals surface area (Å²) < 4.78 is 43.6. The maximum atomic E-state index is 12.9. The average molecular weight is 376 g/mol. The number of benzene rings is 1. The van der Waals surface area contributed by atoms with E-state index in [0.29, 0.717) is 12.4 Å². The minimum Gasteiger partial charge on any atom is -0.393 e. The summed E-state index contributed by atoms with van der Waals surface area (Å²) in [4.78, 5) is 7.99. The van der Waals surface area contributed by atoms with Gasteiger partial charge in [-0.15, -0.1) is 0 Å². The molecule has 1 heterocycles. The number of alkyl halides is 3. The summed E-state index contributed by atoms with van der Waals surface area (Å²) >= 11 is 5.97. The van der Waals surface area contributed by atoms with Crippen LogP contribution in [0.3, 0.4) is 0 Å². The second kappa shape index (κ2) is 7.75. The summed E-state index contributed by atoms with van der Waals surface area (Å²) in [5.74, 6) is 0.480. The predicted octanol–water partition coefficient (Wildman–Crippen LogP) is 3.92. The normalized spacial score (nSPS) is 12.7. The number of hydrogen-bond donors (Lipinski definition) is 3. The van der Waals surface area contributed by atoms with Gasteiger partial charge in [0.25, 0.3) is 0 Å². The first-order chi connectivity index (χ1) is 11.7. The molecule has 6 nitrogen and oxygen atoms in total. The number of nitrogens with two attached hydrogens (primary N) is 1. The quantitative estimate of drug-likeness (QED) is 0.709. The molecule has 2 rings (SSSR count). The summed E-state index contributed by atoms with van der Waals surface area (Å²) in [5, 5.41) is 5.86. The molecule has 10 heteroatoms. The van der Waals surface area contributed by atoms with E-state index in [1.54, 1.807) is 7.11 Å². The number of rotatable bonds is 6. The van der Waals surface area contributed by atoms with Gasteiger partial charge in [0.1, 0.15) is 12.0 Å². The highest BCUT2D eigenvalue weighted by atomic mass is 35.5. The average Bonchev–Trinajstić information content (AvgIpc) is 2.52. The number of ether oxygens (including phenoxy) is 1. The van der Waals surface area contributed by atoms with Crippen molar-refractivity contribution >= 4 is 34.6 Å². The zero-order valence-corrected chi connectivity index (χ0v) is 14.2. The maximum Gasteiger partial charge on any atom is 0.416 e. The second-order valence-electron chi connectivity index (χ2n) is 5.30. The summed E-state index contributed by atoms with van der Waals surface area (Å²) in [6.07, 6.45) is -3.25. The molecule has 0 fully saturated rings. The molecule has 136 valence electrons. The number of methoxy groups -OCH3 is 1. The third kappa shape index (κ3) is 4.86. The van der Waals surface area contributed by atoms with Crippen molar-refractivity contribution in [3.8, 4) is 0 Å². The van der Waals surface area contributed by atoms with Crippen LogP contribution in [0.1, 0.15) is 12.5 Å². The minimum absolute atomic E-state index is 0.0396. The second-order valence-corrected chi connectivity index (χ2v) is 5.71. The first-order valence-electron chi connectivity index (χ1n) is 7.22. The molecule has 1 unspecified atom stereocenters. The monoisotopic (exact) mass is 375 g/mol. The van der Waals surface area contributed by atoms with E-state index in [4.69, 9.17) is 22.1 Å². The van der Waals surface area contributed by atoms with Crippen LogP contribution >= 0.6 is 11.6 Å². The van der Waals surface area contributed by atoms with Crippen molar-refractivity contribution in [3.63, 3.8) is 0 Å². The molecule has 0 spiro atoms. The summed E-state index contributed by atoms with van der Waals surface area (Å²) in [6, 6.07) is 2.87. The number of hydrogen-bond acceptors (Lipinski definition) is 6. The van der Waals surface area contributed by atoms with E-state index in [1.807, 2.05) is 6.92 Å². The lowest BCUT2D eigenvalue weighted by molar-refractivity contribution is -0.137. The van der Waals surface area contributed by atoms with Crippen LogP contribution in [0.5, 0.6) is 0 Å². The fourth-order valence-corrected chi connectivity index (χ4v) is 2.23. The van der Waals surface area contributed by atoms with Gasteiger partial charge >= 0.3 is 6.18 Å². The third-order valence-electron chi connectivity index (χ3n) is 3.23. The molecule has 0 radical (unpaired) electrons. The molecule has 4 N–H and O–H groups in total. The number of anilines is 4. The lowest BCUT2D eigenvalue weighted by Gasteiger charge is -2.17. The van der Waals surface area contributed by atoms with Crippen LogP contribution < -0.4 is 16.4 Å². The standard InChI is InChI=1S/C15H17ClF3N5O/c1-8(6-25-2)23-13-12(20)14(22-7-21-13)24-11-5-9(15(17,18)19)3-4-10(11)16/h3-5,7-8H,6,20H2,1-2H3,(H2,21,22,23,24). The van der Waals surface area contributed by atoms with Gasteiger partial charge in [0.2, 0.25) is 0 Å². The van der Waals surface area contributed by atoms with E-state index in [9.17, 15) is 13.2 Å². The highest BCUT2D eigenvalue weighted by molar-refractivity contribution is 6.33. The van der Waals surface area contributed by atoms with Crippen molar-refractivity contribution in [2.24, 2.45) is 0 Å². The number of nitrogens with one attached hydrogen (secondary N) is 2. The fourth-order valence-electron chi connectivity index (χ4n) is 2.06. The van der Waals surface area contributed by atoms with Gasteiger partial charge in [-0.1, -0.05) is 11.6 Å². The molecular weight excluding hydrogens is 359 g/mol. The SMILES string of the molecule is COCC(C)Nc1ncnc(Nc2cc(C(F)(F)F)ccc2Cl)c1N. The lowest BCUT2D eigenvalue weighted by atomic mass is 10.2. The molecule has 2 aromatic rings. The summed E-state index contributed by atoms with van der Waals surface area (Å²) in [7, 11) is 1.56. The Hall–Kier alpha value is -2.26. The molecule has 0 amide bonds. The van der Waals surface area contributed by atoms with Crippen molar-refractivity contribution < 1.29 is 17.9 Å².